The number of hydrazone groups is 1. The molecule has 1 aromatic heterocycles. The Morgan fingerprint density at radius 3 is 2.54 bits per heavy atom. The lowest BCUT2D eigenvalue weighted by Gasteiger charge is -2.02. The zero-order valence-corrected chi connectivity index (χ0v) is 15.2. The van der Waals surface area contributed by atoms with Gasteiger partial charge in [-0.3, -0.25) is 9.89 Å². The Morgan fingerprint density at radius 2 is 1.75 bits per heavy atom. The lowest BCUT2D eigenvalue weighted by Crippen LogP contribution is -2.19. The van der Waals surface area contributed by atoms with Gasteiger partial charge < -0.3 is 5.11 Å². The number of fused-ring (bicyclic) bond motifs is 1. The van der Waals surface area contributed by atoms with Crippen molar-refractivity contribution in [1.29, 1.82) is 0 Å². The van der Waals surface area contributed by atoms with E-state index in [4.69, 9.17) is 0 Å². The fraction of sp³-hybridized carbons (Fsp3) is 0.0455. The first-order valence-electron chi connectivity index (χ1n) is 8.79. The highest BCUT2D eigenvalue weighted by Crippen LogP contribution is 2.23. The molecule has 6 heteroatoms. The van der Waals surface area contributed by atoms with Gasteiger partial charge in [0.1, 0.15) is 11.4 Å². The minimum atomic E-state index is -0.377. The van der Waals surface area contributed by atoms with Crippen molar-refractivity contribution in [3.8, 4) is 17.0 Å². The highest BCUT2D eigenvalue weighted by atomic mass is 16.3. The molecule has 6 nitrogen and oxygen atoms in total. The zero-order chi connectivity index (χ0) is 19.5. The number of benzene rings is 3. The first-order chi connectivity index (χ1) is 13.6. The molecule has 0 spiro atoms. The Kier molecular flexibility index (Phi) is 4.60. The highest BCUT2D eigenvalue weighted by molar-refractivity contribution is 6.00. The van der Waals surface area contributed by atoms with Gasteiger partial charge in [0.2, 0.25) is 0 Å². The number of phenolic OH excluding ortho intramolecular Hbond substituents is 1. The Labute approximate surface area is 161 Å². The average molecular weight is 370 g/mol. The van der Waals surface area contributed by atoms with Crippen molar-refractivity contribution in [2.45, 2.75) is 6.92 Å². The lowest BCUT2D eigenvalue weighted by molar-refractivity contribution is 0.0950. The van der Waals surface area contributed by atoms with E-state index in [1.807, 2.05) is 36.4 Å². The average Bonchev–Trinajstić information content (AvgIpc) is 3.22. The van der Waals surface area contributed by atoms with E-state index in [-0.39, 0.29) is 11.7 Å². The summed E-state index contributed by atoms with van der Waals surface area (Å²) in [5.41, 5.74) is 5.90. The molecule has 138 valence electrons. The van der Waals surface area contributed by atoms with Gasteiger partial charge in [-0.2, -0.15) is 10.2 Å². The molecule has 3 aromatic carbocycles. The summed E-state index contributed by atoms with van der Waals surface area (Å²) in [6.45, 7) is 1.78. The molecule has 4 aromatic rings. The van der Waals surface area contributed by atoms with Crippen molar-refractivity contribution in [3.63, 3.8) is 0 Å². The van der Waals surface area contributed by atoms with Gasteiger partial charge in [-0.05, 0) is 59.7 Å². The number of hydrogen-bond acceptors (Lipinski definition) is 4. The summed E-state index contributed by atoms with van der Waals surface area (Å²) in [4.78, 5) is 12.4. The molecule has 4 rings (SSSR count). The van der Waals surface area contributed by atoms with E-state index < -0.39 is 0 Å². The van der Waals surface area contributed by atoms with Gasteiger partial charge in [0, 0.05) is 5.56 Å². The molecule has 0 radical (unpaired) electrons. The molecule has 0 bridgehead atoms. The Morgan fingerprint density at radius 1 is 1.00 bits per heavy atom. The fourth-order valence-electron chi connectivity index (χ4n) is 2.90. The molecule has 0 fully saturated rings. The second-order valence-electron chi connectivity index (χ2n) is 6.41. The molecular formula is C22H18N4O2. The predicted molar refractivity (Wildman–Crippen MR) is 109 cm³/mol. The van der Waals surface area contributed by atoms with Crippen molar-refractivity contribution >= 4 is 22.4 Å². The minimum absolute atomic E-state index is 0.180. The quantitative estimate of drug-likeness (QED) is 0.373. The number of aromatic nitrogens is 2. The summed E-state index contributed by atoms with van der Waals surface area (Å²) < 4.78 is 0. The number of amides is 1. The molecule has 1 amide bonds. The van der Waals surface area contributed by atoms with Crippen molar-refractivity contribution in [1.82, 2.24) is 15.6 Å². The van der Waals surface area contributed by atoms with Crippen molar-refractivity contribution in [2.75, 3.05) is 0 Å². The second-order valence-corrected chi connectivity index (χ2v) is 6.41. The lowest BCUT2D eigenvalue weighted by atomic mass is 10.1. The van der Waals surface area contributed by atoms with E-state index in [9.17, 15) is 9.90 Å². The number of nitrogens with one attached hydrogen (secondary N) is 2. The molecule has 0 unspecified atom stereocenters. The maximum Gasteiger partial charge on any atom is 0.289 e. The number of hydrogen-bond donors (Lipinski definition) is 3. The van der Waals surface area contributed by atoms with E-state index in [1.165, 1.54) is 0 Å². The second kappa shape index (κ2) is 7.36. The molecule has 0 saturated heterocycles. The summed E-state index contributed by atoms with van der Waals surface area (Å²) in [5.74, 6) is -0.197. The van der Waals surface area contributed by atoms with Crippen LogP contribution in [0.3, 0.4) is 0 Å². The van der Waals surface area contributed by atoms with Crippen LogP contribution < -0.4 is 5.43 Å². The Balaban J connectivity index is 1.50. The van der Waals surface area contributed by atoms with Gasteiger partial charge in [-0.25, -0.2) is 5.43 Å². The summed E-state index contributed by atoms with van der Waals surface area (Å²) >= 11 is 0. The summed E-state index contributed by atoms with van der Waals surface area (Å²) in [6.07, 6.45) is 0. The molecule has 0 aliphatic rings. The van der Waals surface area contributed by atoms with E-state index in [0.717, 1.165) is 21.9 Å². The van der Waals surface area contributed by atoms with E-state index in [2.05, 4.69) is 26.8 Å². The number of carbonyl (C=O) groups is 1. The SMILES string of the molecule is CC(=NNC(=O)c1cc(-c2ccc3ccccc3c2)n[nH]1)c1ccc(O)cc1. The third kappa shape index (κ3) is 3.61. The zero-order valence-electron chi connectivity index (χ0n) is 15.2. The highest BCUT2D eigenvalue weighted by Gasteiger charge is 2.11. The molecule has 28 heavy (non-hydrogen) atoms. The maximum absolute atomic E-state index is 12.4. The van der Waals surface area contributed by atoms with E-state index >= 15 is 0 Å². The van der Waals surface area contributed by atoms with Crippen LogP contribution >= 0.6 is 0 Å². The number of rotatable bonds is 4. The third-order valence-electron chi connectivity index (χ3n) is 4.48. The van der Waals surface area contributed by atoms with Crippen molar-refractivity contribution in [3.05, 3.63) is 84.1 Å². The molecule has 0 aliphatic heterocycles. The molecule has 1 heterocycles. The van der Waals surface area contributed by atoms with Gasteiger partial charge in [-0.1, -0.05) is 36.4 Å². The van der Waals surface area contributed by atoms with E-state index in [0.29, 0.717) is 17.1 Å². The third-order valence-corrected chi connectivity index (χ3v) is 4.48. The van der Waals surface area contributed by atoms with Crippen molar-refractivity contribution in [2.24, 2.45) is 5.10 Å². The van der Waals surface area contributed by atoms with Gasteiger partial charge in [0.05, 0.1) is 11.4 Å². The van der Waals surface area contributed by atoms with Crippen LogP contribution in [0.5, 0.6) is 5.75 Å². The topological polar surface area (TPSA) is 90.4 Å². The van der Waals surface area contributed by atoms with Crippen LogP contribution in [0.1, 0.15) is 23.0 Å². The molecule has 0 aliphatic carbocycles. The Bertz CT molecular complexity index is 1180. The predicted octanol–water partition coefficient (Wildman–Crippen LogP) is 4.09. The van der Waals surface area contributed by atoms with Crippen LogP contribution in [-0.4, -0.2) is 26.9 Å². The molecule has 3 N–H and O–H groups in total. The standard InChI is InChI=1S/C22H18N4O2/c1-14(15-8-10-19(27)11-9-15)23-26-22(28)21-13-20(24-25-21)18-7-6-16-4-2-3-5-17(16)12-18/h2-13,27H,1H3,(H,24,25)(H,26,28). The summed E-state index contributed by atoms with van der Waals surface area (Å²) in [5, 5.41) is 22.7. The van der Waals surface area contributed by atoms with Crippen LogP contribution in [0.2, 0.25) is 0 Å². The van der Waals surface area contributed by atoms with Crippen LogP contribution in [0, 0.1) is 0 Å². The van der Waals surface area contributed by atoms with Crippen molar-refractivity contribution < 1.29 is 9.90 Å². The first kappa shape index (κ1) is 17.5. The normalized spacial score (nSPS) is 11.5. The molecule has 0 atom stereocenters. The maximum atomic E-state index is 12.4. The van der Waals surface area contributed by atoms with Crippen LogP contribution in [0.4, 0.5) is 0 Å². The van der Waals surface area contributed by atoms with Gasteiger partial charge >= 0.3 is 0 Å². The molecular weight excluding hydrogens is 352 g/mol. The smallest absolute Gasteiger partial charge is 0.289 e. The Hall–Kier alpha value is -3.93. The summed E-state index contributed by atoms with van der Waals surface area (Å²) in [7, 11) is 0. The summed E-state index contributed by atoms with van der Waals surface area (Å²) in [6, 6.07) is 22.4. The first-order valence-corrected chi connectivity index (χ1v) is 8.79. The molecule has 0 saturated carbocycles. The monoisotopic (exact) mass is 370 g/mol. The minimum Gasteiger partial charge on any atom is -0.508 e. The number of aromatic amines is 1. The number of aromatic hydroxyl groups is 1. The number of nitrogens with zero attached hydrogens (tertiary/aromatic N) is 2. The van der Waals surface area contributed by atoms with Gasteiger partial charge in [0.25, 0.3) is 5.91 Å². The number of carbonyl (C=O) groups excluding carboxylic acids is 1. The van der Waals surface area contributed by atoms with Crippen LogP contribution in [-0.2, 0) is 0 Å². The van der Waals surface area contributed by atoms with Gasteiger partial charge in [-0.15, -0.1) is 0 Å². The van der Waals surface area contributed by atoms with E-state index in [1.54, 1.807) is 37.3 Å². The van der Waals surface area contributed by atoms with Crippen LogP contribution in [0.15, 0.2) is 77.9 Å². The number of phenols is 1. The fourth-order valence-corrected chi connectivity index (χ4v) is 2.90. The van der Waals surface area contributed by atoms with Gasteiger partial charge in [0.15, 0.2) is 0 Å². The largest absolute Gasteiger partial charge is 0.508 e. The number of H-pyrrole nitrogens is 1. The van der Waals surface area contributed by atoms with Crippen LogP contribution in [0.25, 0.3) is 22.0 Å².